The van der Waals surface area contributed by atoms with Crippen LogP contribution in [0.1, 0.15) is 13.3 Å². The molecule has 68 valence electrons. The molecule has 0 aliphatic rings. The van der Waals surface area contributed by atoms with Gasteiger partial charge >= 0.3 is 5.97 Å². The molecule has 0 rings (SSSR count). The lowest BCUT2D eigenvalue weighted by atomic mass is 10.1. The first-order valence-corrected chi connectivity index (χ1v) is 3.08. The van der Waals surface area contributed by atoms with E-state index in [1.807, 2.05) is 0 Å². The maximum Gasteiger partial charge on any atom is 0.308 e. The van der Waals surface area contributed by atoms with E-state index in [9.17, 15) is 4.79 Å². The quantitative estimate of drug-likeness (QED) is 0.589. The van der Waals surface area contributed by atoms with Crippen LogP contribution in [0.15, 0.2) is 0 Å². The second kappa shape index (κ2) is 6.39. The number of halogens is 1. The Morgan fingerprint density at radius 1 is 1.73 bits per heavy atom. The molecule has 4 nitrogen and oxygen atoms in total. The van der Waals surface area contributed by atoms with E-state index in [2.05, 4.69) is 4.74 Å². The summed E-state index contributed by atoms with van der Waals surface area (Å²) in [4.78, 5) is 10.5. The van der Waals surface area contributed by atoms with E-state index >= 15 is 0 Å². The molecule has 2 atom stereocenters. The molecule has 0 aromatic heterocycles. The summed E-state index contributed by atoms with van der Waals surface area (Å²) in [6.07, 6.45) is -0.832. The molecule has 0 bridgehead atoms. The fourth-order valence-corrected chi connectivity index (χ4v) is 0.440. The summed E-state index contributed by atoms with van der Waals surface area (Å²) in [6, 6.07) is -0.390. The van der Waals surface area contributed by atoms with Crippen molar-refractivity contribution >= 4 is 18.4 Å². The highest BCUT2D eigenvalue weighted by atomic mass is 35.5. The smallest absolute Gasteiger partial charge is 0.308 e. The molecule has 3 N–H and O–H groups in total. The maximum absolute atomic E-state index is 10.5. The predicted octanol–water partition coefficient (Wildman–Crippen LogP) is -0.321. The highest BCUT2D eigenvalue weighted by Gasteiger charge is 2.14. The summed E-state index contributed by atoms with van der Waals surface area (Å²) in [5.74, 6) is -0.440. The first-order chi connectivity index (χ1) is 4.57. The van der Waals surface area contributed by atoms with Crippen LogP contribution < -0.4 is 5.73 Å². The molecule has 5 heteroatoms. The van der Waals surface area contributed by atoms with Gasteiger partial charge in [0.05, 0.1) is 19.6 Å². The van der Waals surface area contributed by atoms with Crippen LogP contribution in [0, 0.1) is 0 Å². The zero-order valence-electron chi connectivity index (χ0n) is 6.61. The molecule has 0 amide bonds. The lowest BCUT2D eigenvalue weighted by Gasteiger charge is -2.11. The van der Waals surface area contributed by atoms with Crippen LogP contribution in [0.2, 0.25) is 0 Å². The van der Waals surface area contributed by atoms with Crippen molar-refractivity contribution in [2.45, 2.75) is 25.5 Å². The number of carbonyl (C=O) groups is 1. The molecule has 0 aromatic carbocycles. The Labute approximate surface area is 72.1 Å². The molecule has 0 unspecified atom stereocenters. The summed E-state index contributed by atoms with van der Waals surface area (Å²) < 4.78 is 4.32. The first-order valence-electron chi connectivity index (χ1n) is 3.08. The number of esters is 1. The number of hydrogen-bond acceptors (Lipinski definition) is 4. The van der Waals surface area contributed by atoms with E-state index in [0.717, 1.165) is 0 Å². The van der Waals surface area contributed by atoms with Gasteiger partial charge in [0.15, 0.2) is 0 Å². The molecule has 0 saturated carbocycles. The van der Waals surface area contributed by atoms with Crippen molar-refractivity contribution in [1.29, 1.82) is 0 Å². The summed E-state index contributed by atoms with van der Waals surface area (Å²) in [7, 11) is 1.27. The molecule has 0 saturated heterocycles. The lowest BCUT2D eigenvalue weighted by molar-refractivity contribution is -0.143. The average Bonchev–Trinajstić information content (AvgIpc) is 1.87. The second-order valence-corrected chi connectivity index (χ2v) is 2.21. The van der Waals surface area contributed by atoms with Crippen LogP contribution in [-0.4, -0.2) is 30.3 Å². The van der Waals surface area contributed by atoms with Gasteiger partial charge in [-0.25, -0.2) is 0 Å². The van der Waals surface area contributed by atoms with Crippen LogP contribution in [0.3, 0.4) is 0 Å². The summed E-state index contributed by atoms with van der Waals surface area (Å²) >= 11 is 0. The second-order valence-electron chi connectivity index (χ2n) is 2.21. The topological polar surface area (TPSA) is 72.5 Å². The van der Waals surface area contributed by atoms with E-state index < -0.39 is 12.1 Å². The Morgan fingerprint density at radius 2 is 2.18 bits per heavy atom. The van der Waals surface area contributed by atoms with Crippen LogP contribution in [-0.2, 0) is 9.53 Å². The van der Waals surface area contributed by atoms with Crippen molar-refractivity contribution in [3.8, 4) is 0 Å². The van der Waals surface area contributed by atoms with E-state index in [0.29, 0.717) is 0 Å². The van der Waals surface area contributed by atoms with Crippen LogP contribution >= 0.6 is 12.4 Å². The van der Waals surface area contributed by atoms with Gasteiger partial charge in [-0.2, -0.15) is 0 Å². The highest BCUT2D eigenvalue weighted by Crippen LogP contribution is 1.96. The maximum atomic E-state index is 10.5. The van der Waals surface area contributed by atoms with Gasteiger partial charge in [-0.1, -0.05) is 0 Å². The van der Waals surface area contributed by atoms with E-state index in [1.54, 1.807) is 6.92 Å². The largest absolute Gasteiger partial charge is 0.469 e. The third-order valence-corrected chi connectivity index (χ3v) is 1.21. The summed E-state index contributed by atoms with van der Waals surface area (Å²) in [6.45, 7) is 1.63. The first kappa shape index (κ1) is 13.3. The van der Waals surface area contributed by atoms with Gasteiger partial charge in [0, 0.05) is 6.04 Å². The Morgan fingerprint density at radius 3 is 2.45 bits per heavy atom. The number of aliphatic hydroxyl groups is 1. The SMILES string of the molecule is COC(=O)C[C@@H](O)[C@H](C)N.Cl. The van der Waals surface area contributed by atoms with Crippen molar-refractivity contribution in [3.05, 3.63) is 0 Å². The number of methoxy groups -OCH3 is 1. The van der Waals surface area contributed by atoms with Crippen molar-refractivity contribution in [1.82, 2.24) is 0 Å². The van der Waals surface area contributed by atoms with Crippen molar-refractivity contribution in [3.63, 3.8) is 0 Å². The molecular weight excluding hydrogens is 170 g/mol. The van der Waals surface area contributed by atoms with Gasteiger partial charge < -0.3 is 15.6 Å². The van der Waals surface area contributed by atoms with Gasteiger partial charge in [-0.15, -0.1) is 12.4 Å². The van der Waals surface area contributed by atoms with Crippen LogP contribution in [0.5, 0.6) is 0 Å². The number of aliphatic hydroxyl groups excluding tert-OH is 1. The van der Waals surface area contributed by atoms with E-state index in [-0.39, 0.29) is 24.9 Å². The fourth-order valence-electron chi connectivity index (χ4n) is 0.440. The van der Waals surface area contributed by atoms with Gasteiger partial charge in [0.2, 0.25) is 0 Å². The van der Waals surface area contributed by atoms with Crippen molar-refractivity contribution in [2.75, 3.05) is 7.11 Å². The minimum absolute atomic E-state index is 0. The van der Waals surface area contributed by atoms with Crippen LogP contribution in [0.4, 0.5) is 0 Å². The van der Waals surface area contributed by atoms with Gasteiger partial charge in [-0.3, -0.25) is 4.79 Å². The van der Waals surface area contributed by atoms with Gasteiger partial charge in [-0.05, 0) is 6.92 Å². The minimum Gasteiger partial charge on any atom is -0.469 e. The summed E-state index contributed by atoms with van der Waals surface area (Å²) in [5.41, 5.74) is 5.28. The third-order valence-electron chi connectivity index (χ3n) is 1.21. The Hall–Kier alpha value is -0.320. The number of ether oxygens (including phenoxy) is 1. The number of hydrogen-bond donors (Lipinski definition) is 2. The Bertz CT molecular complexity index is 118. The average molecular weight is 184 g/mol. The normalized spacial score (nSPS) is 14.5. The van der Waals surface area contributed by atoms with Gasteiger partial charge in [0.1, 0.15) is 0 Å². The number of rotatable bonds is 3. The predicted molar refractivity (Wildman–Crippen MR) is 43.5 cm³/mol. The van der Waals surface area contributed by atoms with E-state index in [1.165, 1.54) is 7.11 Å². The molecule has 0 aliphatic carbocycles. The van der Waals surface area contributed by atoms with Crippen molar-refractivity contribution in [2.24, 2.45) is 5.73 Å². The Balaban J connectivity index is 0. The number of carbonyl (C=O) groups excluding carboxylic acids is 1. The monoisotopic (exact) mass is 183 g/mol. The van der Waals surface area contributed by atoms with Crippen molar-refractivity contribution < 1.29 is 14.6 Å². The van der Waals surface area contributed by atoms with E-state index in [4.69, 9.17) is 10.8 Å². The zero-order valence-corrected chi connectivity index (χ0v) is 7.43. The third kappa shape index (κ3) is 6.09. The van der Waals surface area contributed by atoms with Crippen LogP contribution in [0.25, 0.3) is 0 Å². The lowest BCUT2D eigenvalue weighted by Crippen LogP contribution is -2.33. The Kier molecular flexibility index (Phi) is 7.72. The number of nitrogens with two attached hydrogens (primary N) is 1. The fraction of sp³-hybridized carbons (Fsp3) is 0.833. The molecule has 0 heterocycles. The highest BCUT2D eigenvalue weighted by molar-refractivity contribution is 5.85. The molecule has 0 aliphatic heterocycles. The standard InChI is InChI=1S/C6H13NO3.ClH/c1-4(7)5(8)3-6(9)10-2;/h4-5,8H,3,7H2,1-2H3;1H/t4-,5+;/m0./s1. The molecular formula is C6H14ClNO3. The zero-order chi connectivity index (χ0) is 8.15. The molecule has 0 radical (unpaired) electrons. The molecule has 0 fully saturated rings. The van der Waals surface area contributed by atoms with Gasteiger partial charge in [0.25, 0.3) is 0 Å². The molecule has 11 heavy (non-hydrogen) atoms. The minimum atomic E-state index is -0.799. The molecule has 0 aromatic rings. The molecule has 0 spiro atoms. The summed E-state index contributed by atoms with van der Waals surface area (Å²) in [5, 5.41) is 9.00.